The second-order valence-corrected chi connectivity index (χ2v) is 10.3. The summed E-state index contributed by atoms with van der Waals surface area (Å²) in [5.41, 5.74) is 2.77. The normalized spacial score (nSPS) is 14.8. The van der Waals surface area contributed by atoms with E-state index < -0.39 is 24.3 Å². The Morgan fingerprint density at radius 2 is 0.682 bits per heavy atom. The van der Waals surface area contributed by atoms with Gasteiger partial charge < -0.3 is 42.6 Å². The van der Waals surface area contributed by atoms with E-state index in [0.717, 1.165) is 33.9 Å². The molecule has 3 aromatic carbocycles. The second-order valence-electron chi connectivity index (χ2n) is 10.3. The Balaban J connectivity index is 1.85. The van der Waals surface area contributed by atoms with E-state index in [1.807, 2.05) is 57.2 Å². The monoisotopic (exact) mass is 612 g/mol. The van der Waals surface area contributed by atoms with E-state index in [2.05, 4.69) is 43.3 Å². The fourth-order valence-corrected chi connectivity index (χ4v) is 4.67. The molecule has 3 atom stereocenters. The molecule has 242 valence electrons. The van der Waals surface area contributed by atoms with Gasteiger partial charge in [0.2, 0.25) is 0 Å². The van der Waals surface area contributed by atoms with Crippen molar-refractivity contribution in [2.75, 3.05) is 61.0 Å². The third-order valence-electron chi connectivity index (χ3n) is 7.12. The molecule has 0 spiro atoms. The maximum Gasteiger partial charge on any atom is 0.197 e. The van der Waals surface area contributed by atoms with E-state index in [-0.39, 0.29) is 0 Å². The van der Waals surface area contributed by atoms with Crippen LogP contribution < -0.4 is 14.2 Å². The van der Waals surface area contributed by atoms with Crippen molar-refractivity contribution >= 4 is 0 Å². The lowest BCUT2D eigenvalue weighted by atomic mass is 9.71. The summed E-state index contributed by atoms with van der Waals surface area (Å²) in [6, 6.07) is 24.3. The molecule has 9 nitrogen and oxygen atoms in total. The van der Waals surface area contributed by atoms with Crippen molar-refractivity contribution in [1.29, 1.82) is 0 Å². The van der Waals surface area contributed by atoms with Crippen LogP contribution in [0.3, 0.4) is 0 Å². The van der Waals surface area contributed by atoms with E-state index in [9.17, 15) is 0 Å². The molecule has 44 heavy (non-hydrogen) atoms. The molecule has 0 bridgehead atoms. The molecule has 0 aromatic heterocycles. The first-order valence-corrected chi connectivity index (χ1v) is 14.9. The van der Waals surface area contributed by atoms with Crippen molar-refractivity contribution in [3.8, 4) is 17.2 Å². The Morgan fingerprint density at radius 3 is 0.909 bits per heavy atom. The van der Waals surface area contributed by atoms with E-state index in [1.54, 1.807) is 21.3 Å². The Kier molecular flexibility index (Phi) is 14.9. The van der Waals surface area contributed by atoms with Gasteiger partial charge in [0.1, 0.15) is 17.2 Å². The van der Waals surface area contributed by atoms with Crippen LogP contribution >= 0.6 is 0 Å². The van der Waals surface area contributed by atoms with Gasteiger partial charge in [-0.2, -0.15) is 0 Å². The number of ether oxygens (including phenoxy) is 9. The maximum absolute atomic E-state index is 5.97. The van der Waals surface area contributed by atoms with Crippen LogP contribution in [-0.4, -0.2) is 79.8 Å². The summed E-state index contributed by atoms with van der Waals surface area (Å²) in [6.07, 6.45) is -1.20. The number of hydrogen-bond donors (Lipinski definition) is 0. The largest absolute Gasteiger partial charge is 0.465 e. The highest BCUT2D eigenvalue weighted by molar-refractivity contribution is 5.52. The minimum Gasteiger partial charge on any atom is -0.465 e. The van der Waals surface area contributed by atoms with E-state index in [0.29, 0.717) is 39.6 Å². The molecule has 3 unspecified atom stereocenters. The standard InChI is InChI=1S/C35H48O9/c1-26(39-23-20-36-5)42-32-14-8-29(9-15-32)35(4,30-10-16-33(17-11-30)43-27(2)40-24-21-37-6)31-12-18-34(19-13-31)44-28(3)41-25-22-38-7/h8-19,26-28H,20-25H2,1-7H3. The average Bonchev–Trinajstić information content (AvgIpc) is 3.02. The smallest absolute Gasteiger partial charge is 0.197 e. The number of hydrogen-bond acceptors (Lipinski definition) is 9. The lowest BCUT2D eigenvalue weighted by Crippen LogP contribution is -2.26. The van der Waals surface area contributed by atoms with Crippen LogP contribution in [0.5, 0.6) is 17.2 Å². The van der Waals surface area contributed by atoms with Crippen LogP contribution in [0.4, 0.5) is 0 Å². The lowest BCUT2D eigenvalue weighted by Gasteiger charge is -2.32. The molecule has 0 N–H and O–H groups in total. The average molecular weight is 613 g/mol. The third-order valence-corrected chi connectivity index (χ3v) is 7.12. The van der Waals surface area contributed by atoms with E-state index in [1.165, 1.54) is 0 Å². The SMILES string of the molecule is COCCOC(C)Oc1ccc(C(C)(c2ccc(OC(C)OCCOC)cc2)c2ccc(OC(C)OCCOC)cc2)cc1. The van der Waals surface area contributed by atoms with Crippen molar-refractivity contribution in [2.24, 2.45) is 0 Å². The first kappa shape index (κ1) is 35.3. The van der Waals surface area contributed by atoms with Crippen molar-refractivity contribution in [3.05, 3.63) is 89.5 Å². The topological polar surface area (TPSA) is 83.1 Å². The lowest BCUT2D eigenvalue weighted by molar-refractivity contribution is -0.0798. The van der Waals surface area contributed by atoms with Crippen molar-refractivity contribution in [3.63, 3.8) is 0 Å². The van der Waals surface area contributed by atoms with Crippen molar-refractivity contribution in [1.82, 2.24) is 0 Å². The van der Waals surface area contributed by atoms with Gasteiger partial charge in [-0.3, -0.25) is 0 Å². The summed E-state index contributed by atoms with van der Waals surface area (Å²) in [4.78, 5) is 0. The molecule has 0 aliphatic heterocycles. The van der Waals surface area contributed by atoms with Gasteiger partial charge in [-0.05, 0) is 80.8 Å². The van der Waals surface area contributed by atoms with Crippen molar-refractivity contribution < 1.29 is 42.6 Å². The minimum atomic E-state index is -0.503. The van der Waals surface area contributed by atoms with Gasteiger partial charge in [0.25, 0.3) is 0 Å². The molecule has 0 heterocycles. The molecule has 0 amide bonds. The quantitative estimate of drug-likeness (QED) is 0.0793. The van der Waals surface area contributed by atoms with E-state index in [4.69, 9.17) is 42.6 Å². The molecular formula is C35H48O9. The molecule has 0 radical (unpaired) electrons. The zero-order valence-corrected chi connectivity index (χ0v) is 27.1. The summed E-state index contributed by atoms with van der Waals surface area (Å²) >= 11 is 0. The second kappa shape index (κ2) is 18.6. The van der Waals surface area contributed by atoms with E-state index >= 15 is 0 Å². The molecule has 3 rings (SSSR count). The van der Waals surface area contributed by atoms with Gasteiger partial charge in [-0.25, -0.2) is 0 Å². The van der Waals surface area contributed by atoms with Crippen LogP contribution in [0, 0.1) is 0 Å². The molecule has 0 aliphatic rings. The van der Waals surface area contributed by atoms with Gasteiger partial charge in [0.05, 0.1) is 39.6 Å². The highest BCUT2D eigenvalue weighted by Gasteiger charge is 2.31. The zero-order chi connectivity index (χ0) is 31.8. The summed E-state index contributed by atoms with van der Waals surface area (Å²) in [5, 5.41) is 0. The molecule has 9 heteroatoms. The molecule has 3 aromatic rings. The molecular weight excluding hydrogens is 564 g/mol. The van der Waals surface area contributed by atoms with Crippen LogP contribution in [-0.2, 0) is 33.8 Å². The first-order valence-electron chi connectivity index (χ1n) is 14.9. The summed E-state index contributed by atoms with van der Waals surface area (Å²) < 4.78 is 50.0. The maximum atomic E-state index is 5.97. The highest BCUT2D eigenvalue weighted by Crippen LogP contribution is 2.40. The van der Waals surface area contributed by atoms with Crippen molar-refractivity contribution in [2.45, 2.75) is 52.0 Å². The highest BCUT2D eigenvalue weighted by atomic mass is 16.7. The predicted octanol–water partition coefficient (Wildman–Crippen LogP) is 6.20. The molecule has 0 saturated heterocycles. The van der Waals surface area contributed by atoms with Crippen LogP contribution in [0.25, 0.3) is 0 Å². The Morgan fingerprint density at radius 1 is 0.432 bits per heavy atom. The Hall–Kier alpha value is -3.18. The van der Waals surface area contributed by atoms with Gasteiger partial charge in [0, 0.05) is 26.7 Å². The van der Waals surface area contributed by atoms with Crippen LogP contribution in [0.15, 0.2) is 72.8 Å². The Bertz CT molecular complexity index is 1030. The van der Waals surface area contributed by atoms with Gasteiger partial charge in [-0.15, -0.1) is 0 Å². The zero-order valence-electron chi connectivity index (χ0n) is 27.1. The fraction of sp³-hybridized carbons (Fsp3) is 0.486. The first-order chi connectivity index (χ1) is 21.3. The summed E-state index contributed by atoms with van der Waals surface area (Å²) in [6.45, 7) is 10.7. The predicted molar refractivity (Wildman–Crippen MR) is 169 cm³/mol. The van der Waals surface area contributed by atoms with Crippen LogP contribution in [0.2, 0.25) is 0 Å². The number of methoxy groups -OCH3 is 3. The number of rotatable bonds is 21. The molecule has 0 saturated carbocycles. The third kappa shape index (κ3) is 10.8. The van der Waals surface area contributed by atoms with Gasteiger partial charge in [-0.1, -0.05) is 36.4 Å². The summed E-state index contributed by atoms with van der Waals surface area (Å²) in [7, 11) is 4.93. The van der Waals surface area contributed by atoms with Gasteiger partial charge >= 0.3 is 0 Å². The molecule has 0 aliphatic carbocycles. The minimum absolute atomic E-state index is 0.399. The molecule has 0 fully saturated rings. The van der Waals surface area contributed by atoms with Gasteiger partial charge in [0.15, 0.2) is 18.9 Å². The number of benzene rings is 3. The Labute approximate surface area is 262 Å². The fourth-order valence-electron chi connectivity index (χ4n) is 4.67. The van der Waals surface area contributed by atoms with Crippen LogP contribution in [0.1, 0.15) is 44.4 Å². The summed E-state index contributed by atoms with van der Waals surface area (Å²) in [5.74, 6) is 2.16.